The van der Waals surface area contributed by atoms with Gasteiger partial charge >= 0.3 is 5.97 Å². The molecule has 2 N–H and O–H groups in total. The van der Waals surface area contributed by atoms with Crippen LogP contribution in [0.5, 0.6) is 0 Å². The highest BCUT2D eigenvalue weighted by Crippen LogP contribution is 2.27. The van der Waals surface area contributed by atoms with Crippen LogP contribution < -0.4 is 5.84 Å². The zero-order chi connectivity index (χ0) is 18.0. The lowest BCUT2D eigenvalue weighted by atomic mass is 10.2. The number of thioether (sulfide) groups is 1. The number of nitrogen functional groups attached to an aromatic ring is 1. The molecule has 0 unspecified atom stereocenters. The van der Waals surface area contributed by atoms with E-state index in [1.807, 2.05) is 12.1 Å². The number of nitrogens with two attached hydrogens (primary N) is 1. The van der Waals surface area contributed by atoms with Crippen LogP contribution in [0.15, 0.2) is 39.9 Å². The molecule has 3 aromatic rings. The third-order valence-corrected chi connectivity index (χ3v) is 4.70. The van der Waals surface area contributed by atoms with E-state index in [0.717, 1.165) is 5.56 Å². The first-order chi connectivity index (χ1) is 12.0. The number of halogens is 1. The monoisotopic (exact) mass is 378 g/mol. The number of methoxy groups -OCH3 is 1. The Balaban J connectivity index is 1.74. The van der Waals surface area contributed by atoms with Crippen molar-refractivity contribution in [1.29, 1.82) is 0 Å². The second-order valence-electron chi connectivity index (χ2n) is 5.15. The van der Waals surface area contributed by atoms with E-state index in [9.17, 15) is 4.79 Å². The van der Waals surface area contributed by atoms with Crippen molar-refractivity contribution in [2.45, 2.75) is 17.8 Å². The average Bonchev–Trinajstić information content (AvgIpc) is 3.16. The van der Waals surface area contributed by atoms with E-state index in [0.29, 0.717) is 38.8 Å². The minimum atomic E-state index is -0.426. The number of furan rings is 1. The molecule has 2 heterocycles. The molecular weight excluding hydrogens is 364 g/mol. The predicted octanol–water partition coefficient (Wildman–Crippen LogP) is 3.29. The van der Waals surface area contributed by atoms with Gasteiger partial charge in [-0.05, 0) is 37.3 Å². The van der Waals surface area contributed by atoms with Gasteiger partial charge in [0, 0.05) is 10.6 Å². The summed E-state index contributed by atoms with van der Waals surface area (Å²) in [4.78, 5) is 11.6. The molecule has 130 valence electrons. The maximum atomic E-state index is 11.6. The zero-order valence-electron chi connectivity index (χ0n) is 13.5. The summed E-state index contributed by atoms with van der Waals surface area (Å²) in [6.07, 6.45) is 0. The summed E-state index contributed by atoms with van der Waals surface area (Å²) in [5.74, 6) is 7.77. The number of benzene rings is 1. The summed E-state index contributed by atoms with van der Waals surface area (Å²) in [6.45, 7) is 1.71. The van der Waals surface area contributed by atoms with Gasteiger partial charge in [-0.1, -0.05) is 23.4 Å². The number of esters is 1. The quantitative estimate of drug-likeness (QED) is 0.413. The van der Waals surface area contributed by atoms with Crippen LogP contribution in [0.25, 0.3) is 11.4 Å². The van der Waals surface area contributed by atoms with Crippen molar-refractivity contribution < 1.29 is 13.9 Å². The predicted molar refractivity (Wildman–Crippen MR) is 95.0 cm³/mol. The molecule has 0 fully saturated rings. The molecule has 3 rings (SSSR count). The van der Waals surface area contributed by atoms with Gasteiger partial charge in [0.1, 0.15) is 17.1 Å². The van der Waals surface area contributed by atoms with E-state index >= 15 is 0 Å². The number of hydrogen-bond donors (Lipinski definition) is 1. The fraction of sp³-hybridized carbons (Fsp3) is 0.188. The van der Waals surface area contributed by atoms with Crippen LogP contribution in [0.3, 0.4) is 0 Å². The smallest absolute Gasteiger partial charge is 0.341 e. The van der Waals surface area contributed by atoms with Gasteiger partial charge in [-0.15, -0.1) is 10.2 Å². The molecule has 0 spiro atoms. The van der Waals surface area contributed by atoms with Gasteiger partial charge in [-0.2, -0.15) is 0 Å². The number of aromatic nitrogens is 3. The molecule has 0 aliphatic heterocycles. The topological polar surface area (TPSA) is 96.2 Å². The molecule has 0 radical (unpaired) electrons. The first kappa shape index (κ1) is 17.4. The van der Waals surface area contributed by atoms with E-state index < -0.39 is 5.97 Å². The van der Waals surface area contributed by atoms with Crippen LogP contribution in [-0.2, 0) is 10.5 Å². The van der Waals surface area contributed by atoms with E-state index in [2.05, 4.69) is 10.2 Å². The van der Waals surface area contributed by atoms with E-state index in [1.165, 1.54) is 23.5 Å². The minimum Gasteiger partial charge on any atom is -0.465 e. The number of carbonyl (C=O) groups is 1. The Labute approximate surface area is 153 Å². The highest BCUT2D eigenvalue weighted by Gasteiger charge is 2.17. The fourth-order valence-corrected chi connectivity index (χ4v) is 3.10. The lowest BCUT2D eigenvalue weighted by molar-refractivity contribution is 0.0599. The number of aryl methyl sites for hydroxylation is 1. The molecule has 7 nitrogen and oxygen atoms in total. The number of nitrogens with zero attached hydrogens (tertiary/aromatic N) is 3. The first-order valence-corrected chi connectivity index (χ1v) is 8.62. The lowest BCUT2D eigenvalue weighted by Crippen LogP contribution is -2.11. The number of hydrogen-bond acceptors (Lipinski definition) is 7. The van der Waals surface area contributed by atoms with Crippen LogP contribution in [0.1, 0.15) is 21.9 Å². The zero-order valence-corrected chi connectivity index (χ0v) is 15.1. The van der Waals surface area contributed by atoms with Crippen LogP contribution in [-0.4, -0.2) is 28.0 Å². The Bertz CT molecular complexity index is 905. The molecule has 25 heavy (non-hydrogen) atoms. The second-order valence-corrected chi connectivity index (χ2v) is 6.52. The second kappa shape index (κ2) is 7.20. The summed E-state index contributed by atoms with van der Waals surface area (Å²) in [5.41, 5.74) is 1.22. The molecule has 1 aromatic carbocycles. The third-order valence-electron chi connectivity index (χ3n) is 3.48. The van der Waals surface area contributed by atoms with Crippen LogP contribution in [0.2, 0.25) is 5.02 Å². The highest BCUT2D eigenvalue weighted by molar-refractivity contribution is 7.98. The summed E-state index contributed by atoms with van der Waals surface area (Å²) in [6, 6.07) is 8.83. The van der Waals surface area contributed by atoms with E-state index in [-0.39, 0.29) is 0 Å². The van der Waals surface area contributed by atoms with Crippen molar-refractivity contribution in [2.75, 3.05) is 13.0 Å². The number of rotatable bonds is 5. The first-order valence-electron chi connectivity index (χ1n) is 7.26. The highest BCUT2D eigenvalue weighted by atomic mass is 35.5. The Morgan fingerprint density at radius 2 is 2.08 bits per heavy atom. The molecule has 9 heteroatoms. The summed E-state index contributed by atoms with van der Waals surface area (Å²) < 4.78 is 11.7. The number of ether oxygens (including phenoxy) is 1. The Morgan fingerprint density at radius 3 is 2.76 bits per heavy atom. The van der Waals surface area contributed by atoms with Crippen LogP contribution >= 0.6 is 23.4 Å². The normalized spacial score (nSPS) is 10.8. The molecule has 0 aliphatic carbocycles. The van der Waals surface area contributed by atoms with Gasteiger partial charge in [0.15, 0.2) is 5.82 Å². The van der Waals surface area contributed by atoms with Gasteiger partial charge in [0.25, 0.3) is 0 Å². The van der Waals surface area contributed by atoms with Gasteiger partial charge in [0.05, 0.1) is 12.9 Å². The number of carbonyl (C=O) groups excluding carboxylic acids is 1. The van der Waals surface area contributed by atoms with Gasteiger partial charge < -0.3 is 15.0 Å². The Hall–Kier alpha value is -2.45. The maximum Gasteiger partial charge on any atom is 0.341 e. The largest absolute Gasteiger partial charge is 0.465 e. The Kier molecular flexibility index (Phi) is 5.00. The maximum absolute atomic E-state index is 11.6. The van der Waals surface area contributed by atoms with Crippen molar-refractivity contribution in [1.82, 2.24) is 14.9 Å². The van der Waals surface area contributed by atoms with Gasteiger partial charge in [-0.25, -0.2) is 9.47 Å². The van der Waals surface area contributed by atoms with Crippen molar-refractivity contribution in [3.8, 4) is 11.4 Å². The summed E-state index contributed by atoms with van der Waals surface area (Å²) in [7, 11) is 1.33. The van der Waals surface area contributed by atoms with E-state index in [4.69, 9.17) is 26.6 Å². The molecule has 0 saturated heterocycles. The van der Waals surface area contributed by atoms with Crippen LogP contribution in [0, 0.1) is 6.92 Å². The fourth-order valence-electron chi connectivity index (χ4n) is 2.23. The molecule has 0 amide bonds. The standard InChI is InChI=1S/C16H15ClN4O3S/c1-9-13(15(22)23-2)7-12(24-9)8-25-16-20-19-14(21(16)18)10-3-5-11(17)6-4-10/h3-7H,8,18H2,1-2H3. The molecule has 0 saturated carbocycles. The van der Waals surface area contributed by atoms with Crippen molar-refractivity contribution in [3.63, 3.8) is 0 Å². The summed E-state index contributed by atoms with van der Waals surface area (Å²) >= 11 is 7.24. The molecule has 0 bridgehead atoms. The van der Waals surface area contributed by atoms with E-state index in [1.54, 1.807) is 25.1 Å². The van der Waals surface area contributed by atoms with Gasteiger partial charge in [-0.3, -0.25) is 0 Å². The van der Waals surface area contributed by atoms with Gasteiger partial charge in [0.2, 0.25) is 5.16 Å². The molecule has 2 aromatic heterocycles. The van der Waals surface area contributed by atoms with Crippen LogP contribution in [0.4, 0.5) is 0 Å². The molecule has 0 atom stereocenters. The lowest BCUT2D eigenvalue weighted by Gasteiger charge is -2.03. The van der Waals surface area contributed by atoms with Crippen molar-refractivity contribution >= 4 is 29.3 Å². The summed E-state index contributed by atoms with van der Waals surface area (Å²) in [5, 5.41) is 9.37. The molecule has 0 aliphatic rings. The minimum absolute atomic E-state index is 0.411. The SMILES string of the molecule is COC(=O)c1cc(CSc2nnc(-c3ccc(Cl)cc3)n2N)oc1C. The Morgan fingerprint density at radius 1 is 1.36 bits per heavy atom. The third kappa shape index (κ3) is 3.64. The van der Waals surface area contributed by atoms with Crippen molar-refractivity contribution in [3.05, 3.63) is 52.4 Å². The van der Waals surface area contributed by atoms with Crippen molar-refractivity contribution in [2.24, 2.45) is 0 Å². The average molecular weight is 379 g/mol. The molecular formula is C16H15ClN4O3S.